The van der Waals surface area contributed by atoms with Crippen molar-refractivity contribution in [1.82, 2.24) is 9.78 Å². The van der Waals surface area contributed by atoms with Crippen molar-refractivity contribution in [2.75, 3.05) is 19.5 Å². The second-order valence-corrected chi connectivity index (χ2v) is 4.41. The Morgan fingerprint density at radius 3 is 2.67 bits per heavy atom. The molecule has 0 fully saturated rings. The summed E-state index contributed by atoms with van der Waals surface area (Å²) in [5.74, 6) is 0.209. The molecule has 0 aliphatic rings. The number of hydrogen-bond donors (Lipinski definition) is 2. The predicted octanol–water partition coefficient (Wildman–Crippen LogP) is 1.75. The van der Waals surface area contributed by atoms with Crippen LogP contribution >= 0.6 is 0 Å². The normalized spacial score (nSPS) is 10.2. The molecule has 0 saturated heterocycles. The van der Waals surface area contributed by atoms with Crippen LogP contribution in [0.25, 0.3) is 0 Å². The van der Waals surface area contributed by atoms with Gasteiger partial charge in [-0.2, -0.15) is 5.10 Å². The van der Waals surface area contributed by atoms with Crippen LogP contribution in [-0.4, -0.2) is 35.1 Å². The van der Waals surface area contributed by atoms with Gasteiger partial charge in [0.25, 0.3) is 0 Å². The number of aryl methyl sites for hydroxylation is 1. The average molecular weight is 291 g/mol. The van der Waals surface area contributed by atoms with E-state index in [0.29, 0.717) is 23.7 Å². The van der Waals surface area contributed by atoms with Crippen molar-refractivity contribution in [2.45, 2.75) is 6.54 Å². The molecule has 1 aromatic heterocycles. The van der Waals surface area contributed by atoms with Crippen LogP contribution in [0.4, 0.5) is 5.69 Å². The van der Waals surface area contributed by atoms with Gasteiger partial charge >= 0.3 is 5.97 Å². The standard InChI is InChI=1S/C14H17N3O4/c1-17-8-10(13(16-17)14(18)19)15-7-9-4-5-11(20-2)12(6-9)21-3/h4-6,8,15H,7H2,1-3H3,(H,18,19). The molecular formula is C14H17N3O4. The molecule has 1 heterocycles. The highest BCUT2D eigenvalue weighted by molar-refractivity contribution is 5.91. The summed E-state index contributed by atoms with van der Waals surface area (Å²) in [6.07, 6.45) is 1.63. The van der Waals surface area contributed by atoms with Gasteiger partial charge in [0.05, 0.1) is 19.9 Å². The second-order valence-electron chi connectivity index (χ2n) is 4.41. The molecule has 0 spiro atoms. The lowest BCUT2D eigenvalue weighted by Gasteiger charge is -2.10. The van der Waals surface area contributed by atoms with E-state index in [2.05, 4.69) is 10.4 Å². The van der Waals surface area contributed by atoms with Crippen molar-refractivity contribution < 1.29 is 19.4 Å². The summed E-state index contributed by atoms with van der Waals surface area (Å²) in [4.78, 5) is 11.1. The maximum atomic E-state index is 11.1. The van der Waals surface area contributed by atoms with Gasteiger partial charge in [-0.3, -0.25) is 4.68 Å². The molecule has 0 unspecified atom stereocenters. The number of ether oxygens (including phenoxy) is 2. The van der Waals surface area contributed by atoms with Gasteiger partial charge in [-0.05, 0) is 17.7 Å². The number of carboxylic acid groups (broad SMARTS) is 1. The third kappa shape index (κ3) is 3.25. The van der Waals surface area contributed by atoms with E-state index < -0.39 is 5.97 Å². The Kier molecular flexibility index (Phi) is 4.32. The molecule has 0 amide bonds. The first kappa shape index (κ1) is 14.7. The summed E-state index contributed by atoms with van der Waals surface area (Å²) in [6, 6.07) is 5.52. The zero-order chi connectivity index (χ0) is 15.4. The van der Waals surface area contributed by atoms with E-state index in [9.17, 15) is 4.79 Å². The van der Waals surface area contributed by atoms with Gasteiger partial charge < -0.3 is 19.9 Å². The SMILES string of the molecule is COc1ccc(CNc2cn(C)nc2C(=O)O)cc1OC. The monoisotopic (exact) mass is 291 g/mol. The molecule has 0 aliphatic heterocycles. The predicted molar refractivity (Wildman–Crippen MR) is 77.0 cm³/mol. The summed E-state index contributed by atoms with van der Waals surface area (Å²) in [6.45, 7) is 0.451. The number of aromatic carboxylic acids is 1. The topological polar surface area (TPSA) is 85.6 Å². The van der Waals surface area contributed by atoms with Crippen LogP contribution in [-0.2, 0) is 13.6 Å². The highest BCUT2D eigenvalue weighted by Crippen LogP contribution is 2.28. The maximum Gasteiger partial charge on any atom is 0.358 e. The molecule has 0 bridgehead atoms. The van der Waals surface area contributed by atoms with Crippen LogP contribution in [0.3, 0.4) is 0 Å². The highest BCUT2D eigenvalue weighted by atomic mass is 16.5. The quantitative estimate of drug-likeness (QED) is 0.843. The van der Waals surface area contributed by atoms with Gasteiger partial charge in [0.15, 0.2) is 17.2 Å². The van der Waals surface area contributed by atoms with E-state index in [-0.39, 0.29) is 5.69 Å². The number of carboxylic acids is 1. The Balaban J connectivity index is 2.15. The zero-order valence-corrected chi connectivity index (χ0v) is 12.1. The number of aromatic nitrogens is 2. The molecule has 0 aliphatic carbocycles. The first-order valence-corrected chi connectivity index (χ1v) is 6.27. The van der Waals surface area contributed by atoms with Crippen LogP contribution < -0.4 is 14.8 Å². The van der Waals surface area contributed by atoms with Crippen LogP contribution in [0.2, 0.25) is 0 Å². The molecule has 7 nitrogen and oxygen atoms in total. The van der Waals surface area contributed by atoms with E-state index in [0.717, 1.165) is 5.56 Å². The minimum atomic E-state index is -1.06. The van der Waals surface area contributed by atoms with E-state index in [1.54, 1.807) is 33.5 Å². The molecule has 2 N–H and O–H groups in total. The third-order valence-corrected chi connectivity index (χ3v) is 2.96. The fraction of sp³-hybridized carbons (Fsp3) is 0.286. The summed E-state index contributed by atoms with van der Waals surface area (Å²) >= 11 is 0. The lowest BCUT2D eigenvalue weighted by Crippen LogP contribution is -2.05. The number of nitrogens with zero attached hydrogens (tertiary/aromatic N) is 2. The molecule has 2 rings (SSSR count). The Morgan fingerprint density at radius 1 is 1.33 bits per heavy atom. The molecule has 21 heavy (non-hydrogen) atoms. The fourth-order valence-electron chi connectivity index (χ4n) is 1.96. The number of benzene rings is 1. The number of methoxy groups -OCH3 is 2. The van der Waals surface area contributed by atoms with Crippen molar-refractivity contribution in [3.05, 3.63) is 35.7 Å². The fourth-order valence-corrected chi connectivity index (χ4v) is 1.96. The number of hydrogen-bond acceptors (Lipinski definition) is 5. The lowest BCUT2D eigenvalue weighted by atomic mass is 10.2. The van der Waals surface area contributed by atoms with Crippen molar-refractivity contribution in [1.29, 1.82) is 0 Å². The van der Waals surface area contributed by atoms with Gasteiger partial charge in [-0.1, -0.05) is 6.07 Å². The smallest absolute Gasteiger partial charge is 0.358 e. The number of nitrogens with one attached hydrogen (secondary N) is 1. The Bertz CT molecular complexity index is 652. The van der Waals surface area contributed by atoms with Crippen molar-refractivity contribution in [3.63, 3.8) is 0 Å². The van der Waals surface area contributed by atoms with Gasteiger partial charge in [0, 0.05) is 19.8 Å². The number of carbonyl (C=O) groups is 1. The minimum absolute atomic E-state index is 0.00187. The van der Waals surface area contributed by atoms with Crippen LogP contribution in [0.5, 0.6) is 11.5 Å². The number of rotatable bonds is 6. The third-order valence-electron chi connectivity index (χ3n) is 2.96. The molecule has 2 aromatic rings. The molecule has 112 valence electrons. The zero-order valence-electron chi connectivity index (χ0n) is 12.1. The van der Waals surface area contributed by atoms with E-state index in [4.69, 9.17) is 14.6 Å². The summed E-state index contributed by atoms with van der Waals surface area (Å²) in [5, 5.41) is 16.0. The lowest BCUT2D eigenvalue weighted by molar-refractivity contribution is 0.0690. The Labute approximate surface area is 122 Å². The minimum Gasteiger partial charge on any atom is -0.493 e. The largest absolute Gasteiger partial charge is 0.493 e. The molecule has 0 atom stereocenters. The summed E-state index contributed by atoms with van der Waals surface area (Å²) in [5.41, 5.74) is 1.41. The van der Waals surface area contributed by atoms with Gasteiger partial charge in [0.2, 0.25) is 0 Å². The highest BCUT2D eigenvalue weighted by Gasteiger charge is 2.14. The second kappa shape index (κ2) is 6.17. The van der Waals surface area contributed by atoms with Crippen molar-refractivity contribution >= 4 is 11.7 Å². The van der Waals surface area contributed by atoms with E-state index >= 15 is 0 Å². The van der Waals surface area contributed by atoms with Gasteiger partial charge in [-0.15, -0.1) is 0 Å². The summed E-state index contributed by atoms with van der Waals surface area (Å²) < 4.78 is 11.9. The van der Waals surface area contributed by atoms with Crippen molar-refractivity contribution in [2.24, 2.45) is 7.05 Å². The van der Waals surface area contributed by atoms with Crippen LogP contribution in [0.1, 0.15) is 16.1 Å². The van der Waals surface area contributed by atoms with Gasteiger partial charge in [0.1, 0.15) is 0 Å². The Morgan fingerprint density at radius 2 is 2.05 bits per heavy atom. The molecule has 7 heteroatoms. The van der Waals surface area contributed by atoms with Crippen molar-refractivity contribution in [3.8, 4) is 11.5 Å². The molecule has 1 aromatic carbocycles. The maximum absolute atomic E-state index is 11.1. The van der Waals surface area contributed by atoms with Crippen LogP contribution in [0, 0.1) is 0 Å². The first-order chi connectivity index (χ1) is 10.0. The van der Waals surface area contributed by atoms with Crippen LogP contribution in [0.15, 0.2) is 24.4 Å². The number of anilines is 1. The summed E-state index contributed by atoms with van der Waals surface area (Å²) in [7, 11) is 4.82. The average Bonchev–Trinajstić information content (AvgIpc) is 2.86. The first-order valence-electron chi connectivity index (χ1n) is 6.27. The van der Waals surface area contributed by atoms with E-state index in [1.807, 2.05) is 12.1 Å². The van der Waals surface area contributed by atoms with Gasteiger partial charge in [-0.25, -0.2) is 4.79 Å². The molecule has 0 saturated carbocycles. The molecule has 0 radical (unpaired) electrons. The Hall–Kier alpha value is -2.70. The molecular weight excluding hydrogens is 274 g/mol. The van der Waals surface area contributed by atoms with E-state index in [1.165, 1.54) is 4.68 Å².